The second-order valence-corrected chi connectivity index (χ2v) is 13.3. The maximum Gasteiger partial charge on any atom is 0.159 e. The number of hydrogen-bond acceptors (Lipinski definition) is 4. The molecule has 9 rings (SSSR count). The molecule has 0 saturated carbocycles. The average molecular weight is 703 g/mol. The Morgan fingerprint density at radius 2 is 1.25 bits per heavy atom. The predicted molar refractivity (Wildman–Crippen MR) is 228 cm³/mol. The summed E-state index contributed by atoms with van der Waals surface area (Å²) in [5, 5.41) is 5.07. The number of fused-ring (bicyclic) bond motifs is 3. The molecule has 0 fully saturated rings. The highest BCUT2D eigenvalue weighted by Gasteiger charge is 2.28. The Kier molecular flexibility index (Phi) is 9.41. The fourth-order valence-electron chi connectivity index (χ4n) is 7.40. The number of pyridine rings is 1. The third-order valence-electron chi connectivity index (χ3n) is 10.0. The highest BCUT2D eigenvalue weighted by molar-refractivity contribution is 7.59. The van der Waals surface area contributed by atoms with Crippen LogP contribution in [-0.4, -0.2) is 28.6 Å². The van der Waals surface area contributed by atoms with E-state index in [-0.39, 0.29) is 19.7 Å². The first-order chi connectivity index (χ1) is 25.7. The summed E-state index contributed by atoms with van der Waals surface area (Å²) in [4.78, 5) is 17.1. The van der Waals surface area contributed by atoms with Crippen molar-refractivity contribution in [3.8, 4) is 11.1 Å². The van der Waals surface area contributed by atoms with Crippen molar-refractivity contribution in [1.82, 2.24) is 9.88 Å². The van der Waals surface area contributed by atoms with Crippen LogP contribution in [0.1, 0.15) is 34.8 Å². The zero-order valence-corrected chi connectivity index (χ0v) is 30.4. The zero-order valence-electron chi connectivity index (χ0n) is 29.4. The number of allylic oxidation sites excluding steroid dienone is 5. The molecule has 5 heteroatoms. The summed E-state index contributed by atoms with van der Waals surface area (Å²) >= 11 is 0. The van der Waals surface area contributed by atoms with Crippen LogP contribution >= 0.6 is 13.5 Å². The van der Waals surface area contributed by atoms with Gasteiger partial charge in [-0.15, -0.1) is 0 Å². The summed E-state index contributed by atoms with van der Waals surface area (Å²) in [6.45, 7) is 0. The molecule has 7 aromatic rings. The van der Waals surface area contributed by atoms with Crippen LogP contribution in [0.15, 0.2) is 198 Å². The van der Waals surface area contributed by atoms with Gasteiger partial charge in [-0.25, -0.2) is 9.98 Å². The van der Waals surface area contributed by atoms with Gasteiger partial charge in [0.2, 0.25) is 0 Å². The Labute approximate surface area is 317 Å². The lowest BCUT2D eigenvalue weighted by Gasteiger charge is -2.33. The number of rotatable bonds is 6. The van der Waals surface area contributed by atoms with E-state index in [0.717, 1.165) is 50.6 Å². The second-order valence-electron chi connectivity index (χ2n) is 13.3. The van der Waals surface area contributed by atoms with Gasteiger partial charge in [-0.2, -0.15) is 13.5 Å². The first-order valence-electron chi connectivity index (χ1n) is 17.7. The number of likely N-dealkylation sites (N-methyl/N-ethyl adjacent to an activating group) is 1. The van der Waals surface area contributed by atoms with Crippen LogP contribution < -0.4 is 0 Å². The highest BCUT2D eigenvalue weighted by atomic mass is 32.1. The molecular weight excluding hydrogens is 665 g/mol. The molecule has 0 spiro atoms. The van der Waals surface area contributed by atoms with Crippen molar-refractivity contribution in [2.75, 3.05) is 7.05 Å². The number of nitrogens with zero attached hydrogens (tertiary/aromatic N) is 4. The molecule has 0 N–H and O–H groups in total. The molecule has 2 heterocycles. The molecule has 0 amide bonds. The third-order valence-corrected chi connectivity index (χ3v) is 10.0. The van der Waals surface area contributed by atoms with Gasteiger partial charge in [-0.1, -0.05) is 146 Å². The quantitative estimate of drug-likeness (QED) is 0.162. The molecule has 1 aliphatic heterocycles. The number of benzene rings is 6. The minimum Gasteiger partial charge on any atom is -0.333 e. The van der Waals surface area contributed by atoms with Crippen molar-refractivity contribution < 1.29 is 0 Å². The summed E-state index contributed by atoms with van der Waals surface area (Å²) in [7, 11) is 2.10. The van der Waals surface area contributed by atoms with E-state index in [2.05, 4.69) is 156 Å². The van der Waals surface area contributed by atoms with Crippen molar-refractivity contribution in [1.29, 1.82) is 0 Å². The van der Waals surface area contributed by atoms with Crippen LogP contribution in [0.5, 0.6) is 0 Å². The smallest absolute Gasteiger partial charge is 0.159 e. The lowest BCUT2D eigenvalue weighted by molar-refractivity contribution is 0.381. The van der Waals surface area contributed by atoms with Gasteiger partial charge >= 0.3 is 0 Å². The van der Waals surface area contributed by atoms with E-state index < -0.39 is 0 Å². The summed E-state index contributed by atoms with van der Waals surface area (Å²) in [5.41, 5.74) is 10.2. The van der Waals surface area contributed by atoms with Crippen LogP contribution in [0, 0.1) is 0 Å². The Morgan fingerprint density at radius 3 is 2.00 bits per heavy atom. The van der Waals surface area contributed by atoms with E-state index in [1.54, 1.807) is 0 Å². The molecule has 2 aliphatic rings. The van der Waals surface area contributed by atoms with Gasteiger partial charge < -0.3 is 4.90 Å². The zero-order chi connectivity index (χ0) is 34.9. The van der Waals surface area contributed by atoms with E-state index in [4.69, 9.17) is 9.98 Å². The monoisotopic (exact) mass is 702 g/mol. The van der Waals surface area contributed by atoms with Crippen LogP contribution in [-0.2, 0) is 0 Å². The maximum absolute atomic E-state index is 5.24. The summed E-state index contributed by atoms with van der Waals surface area (Å²) in [5.74, 6) is 1.65. The van der Waals surface area contributed by atoms with Gasteiger partial charge in [0.1, 0.15) is 12.0 Å². The molecule has 1 atom stereocenters. The van der Waals surface area contributed by atoms with Gasteiger partial charge in [-0.3, -0.25) is 4.98 Å². The first-order valence-corrected chi connectivity index (χ1v) is 17.7. The molecule has 53 heavy (non-hydrogen) atoms. The van der Waals surface area contributed by atoms with Gasteiger partial charge in [0, 0.05) is 30.6 Å². The minimum absolute atomic E-state index is 0. The standard InChI is InChI=1S/C48H36N4.H2S/c1-52-47(36-15-6-3-7-16-36)50-46(35-13-4-2-5-14-35)51-48(52)39-27-26-37(29-41(30-39)40-18-12-28-49-32-40)33-22-24-34(25-23-33)45-31-38-17-8-9-19-42(38)43-20-10-11-21-44(43)45;/h2-26,28-32,47H,27H2,1H3;1H2. The van der Waals surface area contributed by atoms with Gasteiger partial charge in [0.05, 0.1) is 0 Å². The highest BCUT2D eigenvalue weighted by Crippen LogP contribution is 2.37. The van der Waals surface area contributed by atoms with E-state index in [1.807, 2.05) is 42.7 Å². The normalized spacial score (nSPS) is 15.8. The number of aromatic nitrogens is 1. The van der Waals surface area contributed by atoms with Crippen molar-refractivity contribution in [3.05, 3.63) is 210 Å². The molecule has 0 radical (unpaired) electrons. The number of hydrogen-bond donors (Lipinski definition) is 0. The Hall–Kier alpha value is -6.30. The van der Waals surface area contributed by atoms with Crippen molar-refractivity contribution in [2.24, 2.45) is 9.98 Å². The Balaban J connectivity index is 0.00000400. The van der Waals surface area contributed by atoms with Crippen molar-refractivity contribution in [2.45, 2.75) is 12.6 Å². The molecule has 1 aliphatic carbocycles. The van der Waals surface area contributed by atoms with Gasteiger partial charge in [0.25, 0.3) is 0 Å². The lowest BCUT2D eigenvalue weighted by atomic mass is 9.92. The molecule has 4 nitrogen and oxygen atoms in total. The molecule has 0 saturated heterocycles. The molecule has 6 aromatic carbocycles. The first kappa shape index (κ1) is 33.8. The summed E-state index contributed by atoms with van der Waals surface area (Å²) in [6, 6.07) is 53.6. The SMILES string of the molecule is CN1C(C2=CC(c3cccnc3)=CC(c3ccc(-c4cc5ccccc5c5ccccc45)cc3)=CC2)=NC(c2ccccc2)=NC1c1ccccc1.S. The molecule has 256 valence electrons. The van der Waals surface area contributed by atoms with Gasteiger partial charge in [0.15, 0.2) is 5.84 Å². The second kappa shape index (κ2) is 14.7. The summed E-state index contributed by atoms with van der Waals surface area (Å²) < 4.78 is 0. The third kappa shape index (κ3) is 6.63. The molecule has 0 bridgehead atoms. The minimum atomic E-state index is -0.207. The number of amidine groups is 2. The Bertz CT molecular complexity index is 2590. The number of aliphatic imine (C=N–C) groups is 2. The fraction of sp³-hybridized carbons (Fsp3) is 0.0625. The van der Waals surface area contributed by atoms with E-state index in [0.29, 0.717) is 6.42 Å². The van der Waals surface area contributed by atoms with Crippen molar-refractivity contribution >= 4 is 57.9 Å². The van der Waals surface area contributed by atoms with Crippen LogP contribution in [0.2, 0.25) is 0 Å². The van der Waals surface area contributed by atoms with Crippen LogP contribution in [0.3, 0.4) is 0 Å². The van der Waals surface area contributed by atoms with E-state index >= 15 is 0 Å². The Morgan fingerprint density at radius 1 is 0.585 bits per heavy atom. The van der Waals surface area contributed by atoms with Crippen LogP contribution in [0.25, 0.3) is 43.8 Å². The lowest BCUT2D eigenvalue weighted by Crippen LogP contribution is -2.36. The fourth-order valence-corrected chi connectivity index (χ4v) is 7.40. The molecule has 1 aromatic heterocycles. The largest absolute Gasteiger partial charge is 0.333 e. The van der Waals surface area contributed by atoms with E-state index in [1.165, 1.54) is 32.7 Å². The topological polar surface area (TPSA) is 40.9 Å². The average Bonchev–Trinajstić information content (AvgIpc) is 3.45. The predicted octanol–water partition coefficient (Wildman–Crippen LogP) is 11.5. The van der Waals surface area contributed by atoms with Crippen molar-refractivity contribution in [3.63, 3.8) is 0 Å². The van der Waals surface area contributed by atoms with Gasteiger partial charge in [-0.05, 0) is 91.2 Å². The van der Waals surface area contributed by atoms with Crippen LogP contribution in [0.4, 0.5) is 0 Å². The van der Waals surface area contributed by atoms with E-state index in [9.17, 15) is 0 Å². The molecule has 1 unspecified atom stereocenters. The summed E-state index contributed by atoms with van der Waals surface area (Å²) in [6.07, 6.45) is 11.2. The maximum atomic E-state index is 5.24. The molecular formula is C48H38N4S.